The summed E-state index contributed by atoms with van der Waals surface area (Å²) in [5, 5.41) is 12.7. The molecule has 0 atom stereocenters. The van der Waals surface area contributed by atoms with Crippen LogP contribution in [0, 0.1) is 11.3 Å². The molecule has 2 aromatic heterocycles. The minimum atomic E-state index is 0.516. The van der Waals surface area contributed by atoms with Gasteiger partial charge >= 0.3 is 0 Å². The van der Waals surface area contributed by atoms with E-state index in [9.17, 15) is 0 Å². The standard InChI is InChI=1S/C9H5BrN4/c10-8-2-1-3-12-9(8)14-6-7(4-11)5-13-14/h1-3,5-6H. The summed E-state index contributed by atoms with van der Waals surface area (Å²) in [5.74, 6) is 0.675. The van der Waals surface area contributed by atoms with E-state index in [0.29, 0.717) is 11.4 Å². The number of nitrogens with zero attached hydrogens (tertiary/aromatic N) is 4. The summed E-state index contributed by atoms with van der Waals surface area (Å²) in [6, 6.07) is 5.70. The molecule has 0 fully saturated rings. The highest BCUT2D eigenvalue weighted by molar-refractivity contribution is 9.10. The summed E-state index contributed by atoms with van der Waals surface area (Å²) in [6.45, 7) is 0. The number of nitriles is 1. The predicted octanol–water partition coefficient (Wildman–Crippen LogP) is 1.90. The van der Waals surface area contributed by atoms with Gasteiger partial charge in [0.2, 0.25) is 0 Å². The SMILES string of the molecule is N#Cc1cnn(-c2ncccc2Br)c1. The predicted molar refractivity (Wildman–Crippen MR) is 53.8 cm³/mol. The Kier molecular flexibility index (Phi) is 2.29. The van der Waals surface area contributed by atoms with Gasteiger partial charge in [-0.3, -0.25) is 0 Å². The molecular weight excluding hydrogens is 244 g/mol. The normalized spacial score (nSPS) is 9.71. The lowest BCUT2D eigenvalue weighted by Crippen LogP contribution is -1.97. The van der Waals surface area contributed by atoms with Crippen LogP contribution in [0.4, 0.5) is 0 Å². The van der Waals surface area contributed by atoms with E-state index >= 15 is 0 Å². The van der Waals surface area contributed by atoms with E-state index in [0.717, 1.165) is 4.47 Å². The molecule has 0 aromatic carbocycles. The summed E-state index contributed by atoms with van der Waals surface area (Å²) in [6.07, 6.45) is 4.81. The molecule has 0 aliphatic heterocycles. The maximum Gasteiger partial charge on any atom is 0.167 e. The van der Waals surface area contributed by atoms with E-state index in [1.165, 1.54) is 6.20 Å². The number of halogens is 1. The fourth-order valence-corrected chi connectivity index (χ4v) is 1.48. The summed E-state index contributed by atoms with van der Waals surface area (Å²) < 4.78 is 2.40. The number of pyridine rings is 1. The fourth-order valence-electron chi connectivity index (χ4n) is 1.04. The molecule has 5 heteroatoms. The molecule has 14 heavy (non-hydrogen) atoms. The van der Waals surface area contributed by atoms with Gasteiger partial charge < -0.3 is 0 Å². The molecule has 0 saturated carbocycles. The van der Waals surface area contributed by atoms with Crippen LogP contribution in [-0.2, 0) is 0 Å². The van der Waals surface area contributed by atoms with E-state index in [1.807, 2.05) is 18.2 Å². The third-order valence-corrected chi connectivity index (χ3v) is 2.29. The van der Waals surface area contributed by atoms with Crippen molar-refractivity contribution >= 4 is 15.9 Å². The summed E-state index contributed by atoms with van der Waals surface area (Å²) >= 11 is 3.36. The maximum atomic E-state index is 8.63. The molecule has 0 bridgehead atoms. The third kappa shape index (κ3) is 1.52. The highest BCUT2D eigenvalue weighted by atomic mass is 79.9. The molecule has 0 amide bonds. The smallest absolute Gasteiger partial charge is 0.167 e. The van der Waals surface area contributed by atoms with Crippen LogP contribution in [0.25, 0.3) is 5.82 Å². The van der Waals surface area contributed by atoms with Gasteiger partial charge in [0.25, 0.3) is 0 Å². The lowest BCUT2D eigenvalue weighted by molar-refractivity contribution is 0.841. The number of aromatic nitrogens is 3. The Labute approximate surface area is 88.9 Å². The lowest BCUT2D eigenvalue weighted by Gasteiger charge is -2.00. The summed E-state index contributed by atoms with van der Waals surface area (Å²) in [5.41, 5.74) is 0.516. The minimum absolute atomic E-state index is 0.516. The highest BCUT2D eigenvalue weighted by Crippen LogP contribution is 2.16. The molecule has 0 saturated heterocycles. The number of hydrogen-bond acceptors (Lipinski definition) is 3. The summed E-state index contributed by atoms with van der Waals surface area (Å²) in [4.78, 5) is 4.14. The topological polar surface area (TPSA) is 54.5 Å². The Morgan fingerprint density at radius 1 is 1.50 bits per heavy atom. The van der Waals surface area contributed by atoms with Gasteiger partial charge in [-0.1, -0.05) is 0 Å². The van der Waals surface area contributed by atoms with Crippen LogP contribution in [0.3, 0.4) is 0 Å². The van der Waals surface area contributed by atoms with Crippen LogP contribution < -0.4 is 0 Å². The molecule has 0 aliphatic rings. The van der Waals surface area contributed by atoms with Crippen molar-refractivity contribution in [2.75, 3.05) is 0 Å². The Bertz CT molecular complexity index is 498. The first-order valence-electron chi connectivity index (χ1n) is 3.87. The molecular formula is C9H5BrN4. The van der Waals surface area contributed by atoms with Crippen LogP contribution in [-0.4, -0.2) is 14.8 Å². The van der Waals surface area contributed by atoms with Crippen molar-refractivity contribution in [1.29, 1.82) is 5.26 Å². The van der Waals surface area contributed by atoms with E-state index < -0.39 is 0 Å². The van der Waals surface area contributed by atoms with E-state index in [2.05, 4.69) is 26.0 Å². The second-order valence-corrected chi connectivity index (χ2v) is 3.45. The van der Waals surface area contributed by atoms with Gasteiger partial charge in [0.1, 0.15) is 6.07 Å². The van der Waals surface area contributed by atoms with E-state index in [-0.39, 0.29) is 0 Å². The van der Waals surface area contributed by atoms with Gasteiger partial charge in [0.05, 0.1) is 22.4 Å². The molecule has 4 nitrogen and oxygen atoms in total. The van der Waals surface area contributed by atoms with Gasteiger partial charge in [0, 0.05) is 6.20 Å². The van der Waals surface area contributed by atoms with Crippen LogP contribution in [0.1, 0.15) is 5.56 Å². The van der Waals surface area contributed by atoms with E-state index in [4.69, 9.17) is 5.26 Å². The van der Waals surface area contributed by atoms with Crippen molar-refractivity contribution in [3.05, 3.63) is 40.8 Å². The molecule has 2 heterocycles. The quantitative estimate of drug-likeness (QED) is 0.775. The average molecular weight is 249 g/mol. The van der Waals surface area contributed by atoms with Crippen molar-refractivity contribution in [3.63, 3.8) is 0 Å². The average Bonchev–Trinajstić information content (AvgIpc) is 2.67. The van der Waals surface area contributed by atoms with Crippen molar-refractivity contribution in [2.24, 2.45) is 0 Å². The van der Waals surface area contributed by atoms with Crippen LogP contribution in [0.5, 0.6) is 0 Å². The molecule has 0 spiro atoms. The molecule has 68 valence electrons. The van der Waals surface area contributed by atoms with Gasteiger partial charge in [-0.25, -0.2) is 9.67 Å². The number of rotatable bonds is 1. The Balaban J connectivity index is 2.51. The van der Waals surface area contributed by atoms with Crippen LogP contribution in [0.15, 0.2) is 35.2 Å². The Morgan fingerprint density at radius 3 is 3.00 bits per heavy atom. The van der Waals surface area contributed by atoms with Gasteiger partial charge in [0.15, 0.2) is 5.82 Å². The minimum Gasteiger partial charge on any atom is -0.236 e. The zero-order valence-electron chi connectivity index (χ0n) is 7.05. The van der Waals surface area contributed by atoms with Crippen LogP contribution in [0.2, 0.25) is 0 Å². The first kappa shape index (κ1) is 8.91. The fraction of sp³-hybridized carbons (Fsp3) is 0. The van der Waals surface area contributed by atoms with Crippen molar-refractivity contribution < 1.29 is 0 Å². The molecule has 0 aliphatic carbocycles. The molecule has 0 unspecified atom stereocenters. The van der Waals surface area contributed by atoms with Gasteiger partial charge in [-0.05, 0) is 28.1 Å². The first-order valence-corrected chi connectivity index (χ1v) is 4.66. The zero-order valence-corrected chi connectivity index (χ0v) is 8.64. The Morgan fingerprint density at radius 2 is 2.36 bits per heavy atom. The van der Waals surface area contributed by atoms with Crippen molar-refractivity contribution in [2.45, 2.75) is 0 Å². The highest BCUT2D eigenvalue weighted by Gasteiger charge is 2.04. The second-order valence-electron chi connectivity index (χ2n) is 2.59. The molecule has 2 rings (SSSR count). The summed E-state index contributed by atoms with van der Waals surface area (Å²) in [7, 11) is 0. The first-order chi connectivity index (χ1) is 6.81. The molecule has 2 aromatic rings. The lowest BCUT2D eigenvalue weighted by atomic mass is 10.4. The van der Waals surface area contributed by atoms with Crippen molar-refractivity contribution in [3.8, 4) is 11.9 Å². The van der Waals surface area contributed by atoms with Crippen LogP contribution >= 0.6 is 15.9 Å². The zero-order chi connectivity index (χ0) is 9.97. The van der Waals surface area contributed by atoms with E-state index in [1.54, 1.807) is 17.1 Å². The Hall–Kier alpha value is -1.67. The molecule has 0 radical (unpaired) electrons. The van der Waals surface area contributed by atoms with Gasteiger partial charge in [-0.2, -0.15) is 10.4 Å². The maximum absolute atomic E-state index is 8.63. The van der Waals surface area contributed by atoms with Gasteiger partial charge in [-0.15, -0.1) is 0 Å². The number of hydrogen-bond donors (Lipinski definition) is 0. The third-order valence-electron chi connectivity index (χ3n) is 1.67. The van der Waals surface area contributed by atoms with Crippen molar-refractivity contribution in [1.82, 2.24) is 14.8 Å². The largest absolute Gasteiger partial charge is 0.236 e. The molecule has 0 N–H and O–H groups in total. The second kappa shape index (κ2) is 3.60. The monoisotopic (exact) mass is 248 g/mol.